The Morgan fingerprint density at radius 1 is 1.04 bits per heavy atom. The summed E-state index contributed by atoms with van der Waals surface area (Å²) in [5.41, 5.74) is 3.15. The molecule has 0 bridgehead atoms. The van der Waals surface area contributed by atoms with Crippen LogP contribution in [0.25, 0.3) is 0 Å². The molecule has 3 nitrogen and oxygen atoms in total. The molecule has 4 rings (SSSR count). The summed E-state index contributed by atoms with van der Waals surface area (Å²) >= 11 is 0. The Hall–Kier alpha value is -2.59. The number of halogens is 1. The fourth-order valence-corrected chi connectivity index (χ4v) is 3.85. The first kappa shape index (κ1) is 16.9. The van der Waals surface area contributed by atoms with E-state index in [0.717, 1.165) is 30.8 Å². The number of nitrogens with zero attached hydrogens (tertiary/aromatic N) is 2. The normalized spacial score (nSPS) is 17.5. The van der Waals surface area contributed by atoms with E-state index in [2.05, 4.69) is 39.9 Å². The second-order valence-corrected chi connectivity index (χ2v) is 6.72. The van der Waals surface area contributed by atoms with Crippen molar-refractivity contribution in [3.63, 3.8) is 0 Å². The van der Waals surface area contributed by atoms with Gasteiger partial charge in [0.15, 0.2) is 0 Å². The molecule has 0 spiro atoms. The van der Waals surface area contributed by atoms with Gasteiger partial charge in [0.05, 0.1) is 13.2 Å². The largest absolute Gasteiger partial charge is 0.497 e. The molecule has 2 heterocycles. The second kappa shape index (κ2) is 7.34. The van der Waals surface area contributed by atoms with E-state index in [0.29, 0.717) is 6.54 Å². The van der Waals surface area contributed by atoms with E-state index in [1.165, 1.54) is 17.3 Å². The Balaban J connectivity index is 1.76. The highest BCUT2D eigenvalue weighted by Crippen LogP contribution is 2.34. The molecule has 0 amide bonds. The van der Waals surface area contributed by atoms with Crippen molar-refractivity contribution in [3.8, 4) is 5.75 Å². The number of aryl methyl sites for hydroxylation is 1. The first-order valence-electron chi connectivity index (χ1n) is 9.03. The molecule has 0 N–H and O–H groups in total. The highest BCUT2D eigenvalue weighted by Gasteiger charge is 2.28. The van der Waals surface area contributed by atoms with Gasteiger partial charge in [0, 0.05) is 37.1 Å². The molecule has 0 radical (unpaired) electrons. The highest BCUT2D eigenvalue weighted by molar-refractivity contribution is 5.36. The molecule has 1 aliphatic rings. The lowest BCUT2D eigenvalue weighted by Crippen LogP contribution is -2.29. The fourth-order valence-electron chi connectivity index (χ4n) is 3.85. The van der Waals surface area contributed by atoms with E-state index in [9.17, 15) is 4.39 Å². The van der Waals surface area contributed by atoms with Crippen molar-refractivity contribution < 1.29 is 9.13 Å². The van der Waals surface area contributed by atoms with Gasteiger partial charge in [-0.2, -0.15) is 0 Å². The van der Waals surface area contributed by atoms with Crippen molar-refractivity contribution in [3.05, 3.63) is 89.5 Å². The van der Waals surface area contributed by atoms with Crippen LogP contribution in [-0.2, 0) is 13.1 Å². The maximum Gasteiger partial charge on any atom is 0.127 e. The number of benzene rings is 2. The van der Waals surface area contributed by atoms with Crippen LogP contribution in [0.15, 0.2) is 66.9 Å². The molecule has 1 aliphatic heterocycles. The minimum atomic E-state index is -0.142. The van der Waals surface area contributed by atoms with Gasteiger partial charge in [0.25, 0.3) is 0 Å². The van der Waals surface area contributed by atoms with Crippen molar-refractivity contribution in [1.82, 2.24) is 9.47 Å². The highest BCUT2D eigenvalue weighted by atomic mass is 19.1. The number of aromatic nitrogens is 1. The number of hydrogen-bond acceptors (Lipinski definition) is 2. The van der Waals surface area contributed by atoms with Gasteiger partial charge < -0.3 is 9.30 Å². The Kier molecular flexibility index (Phi) is 4.76. The summed E-state index contributed by atoms with van der Waals surface area (Å²) in [5, 5.41) is 0. The topological polar surface area (TPSA) is 17.4 Å². The van der Waals surface area contributed by atoms with E-state index in [-0.39, 0.29) is 11.9 Å². The molecule has 0 saturated carbocycles. The molecular formula is C22H23FN2O. The summed E-state index contributed by atoms with van der Waals surface area (Å²) in [6.45, 7) is 2.48. The number of rotatable bonds is 4. The quantitative estimate of drug-likeness (QED) is 0.682. The van der Waals surface area contributed by atoms with E-state index < -0.39 is 0 Å². The lowest BCUT2D eigenvalue weighted by molar-refractivity contribution is 0.217. The SMILES string of the molecule is COc1cccc([C@H]2c3cccn3CCCN2Cc2ccccc2F)c1. The summed E-state index contributed by atoms with van der Waals surface area (Å²) in [6, 6.07) is 19.6. The summed E-state index contributed by atoms with van der Waals surface area (Å²) in [4.78, 5) is 2.37. The van der Waals surface area contributed by atoms with Crippen LogP contribution < -0.4 is 4.74 Å². The maximum absolute atomic E-state index is 14.3. The third kappa shape index (κ3) is 3.25. The zero-order valence-electron chi connectivity index (χ0n) is 14.9. The Morgan fingerprint density at radius 2 is 1.92 bits per heavy atom. The zero-order valence-corrected chi connectivity index (χ0v) is 14.9. The van der Waals surface area contributed by atoms with Gasteiger partial charge in [-0.3, -0.25) is 4.90 Å². The van der Waals surface area contributed by atoms with Gasteiger partial charge in [0.1, 0.15) is 11.6 Å². The Bertz CT molecular complexity index is 889. The van der Waals surface area contributed by atoms with Crippen LogP contribution >= 0.6 is 0 Å². The third-order valence-corrected chi connectivity index (χ3v) is 5.10. The van der Waals surface area contributed by atoms with Crippen LogP contribution in [0.2, 0.25) is 0 Å². The second-order valence-electron chi connectivity index (χ2n) is 6.72. The van der Waals surface area contributed by atoms with Crippen molar-refractivity contribution in [2.45, 2.75) is 25.6 Å². The van der Waals surface area contributed by atoms with Crippen molar-refractivity contribution in [2.24, 2.45) is 0 Å². The van der Waals surface area contributed by atoms with Crippen LogP contribution in [0.1, 0.15) is 29.3 Å². The fraction of sp³-hybridized carbons (Fsp3) is 0.273. The molecular weight excluding hydrogens is 327 g/mol. The lowest BCUT2D eigenvalue weighted by atomic mass is 10.0. The van der Waals surface area contributed by atoms with Crippen molar-refractivity contribution in [2.75, 3.05) is 13.7 Å². The smallest absolute Gasteiger partial charge is 0.127 e. The molecule has 1 atom stereocenters. The van der Waals surface area contributed by atoms with Crippen molar-refractivity contribution in [1.29, 1.82) is 0 Å². The monoisotopic (exact) mass is 350 g/mol. The Labute approximate surface area is 153 Å². The average molecular weight is 350 g/mol. The maximum atomic E-state index is 14.3. The van der Waals surface area contributed by atoms with Gasteiger partial charge in [-0.15, -0.1) is 0 Å². The van der Waals surface area contributed by atoms with Crippen LogP contribution in [0.3, 0.4) is 0 Å². The first-order valence-corrected chi connectivity index (χ1v) is 9.03. The number of methoxy groups -OCH3 is 1. The van der Waals surface area contributed by atoms with Gasteiger partial charge in [0.2, 0.25) is 0 Å². The molecule has 0 aliphatic carbocycles. The summed E-state index contributed by atoms with van der Waals surface area (Å²) in [7, 11) is 1.69. The van der Waals surface area contributed by atoms with E-state index in [1.54, 1.807) is 13.2 Å². The molecule has 4 heteroatoms. The average Bonchev–Trinajstić information content (AvgIpc) is 3.05. The van der Waals surface area contributed by atoms with Gasteiger partial charge in [-0.1, -0.05) is 30.3 Å². The lowest BCUT2D eigenvalue weighted by Gasteiger charge is -2.31. The van der Waals surface area contributed by atoms with Crippen LogP contribution in [0.4, 0.5) is 4.39 Å². The van der Waals surface area contributed by atoms with Crippen LogP contribution in [0.5, 0.6) is 5.75 Å². The van der Waals surface area contributed by atoms with E-state index >= 15 is 0 Å². The number of fused-ring (bicyclic) bond motifs is 1. The molecule has 0 saturated heterocycles. The van der Waals surface area contributed by atoms with E-state index in [1.807, 2.05) is 24.3 Å². The standard InChI is InChI=1S/C22H23FN2O/c1-26-19-9-4-8-17(15-19)22-21-11-5-12-24(21)13-6-14-25(22)16-18-7-2-3-10-20(18)23/h2-5,7-12,15,22H,6,13-14,16H2,1H3/t22-/m0/s1. The summed E-state index contributed by atoms with van der Waals surface area (Å²) in [5.74, 6) is 0.701. The van der Waals surface area contributed by atoms with Gasteiger partial charge in [-0.25, -0.2) is 4.39 Å². The van der Waals surface area contributed by atoms with Crippen LogP contribution in [-0.4, -0.2) is 23.1 Å². The molecule has 1 aromatic heterocycles. The molecule has 134 valence electrons. The summed E-state index contributed by atoms with van der Waals surface area (Å²) < 4.78 is 22.0. The molecule has 0 unspecified atom stereocenters. The molecule has 2 aromatic carbocycles. The van der Waals surface area contributed by atoms with Gasteiger partial charge in [-0.05, 0) is 42.3 Å². The van der Waals surface area contributed by atoms with E-state index in [4.69, 9.17) is 4.74 Å². The summed E-state index contributed by atoms with van der Waals surface area (Å²) in [6.07, 6.45) is 3.17. The zero-order chi connectivity index (χ0) is 17.9. The third-order valence-electron chi connectivity index (χ3n) is 5.10. The predicted molar refractivity (Wildman–Crippen MR) is 101 cm³/mol. The Morgan fingerprint density at radius 3 is 2.77 bits per heavy atom. The number of ether oxygens (including phenoxy) is 1. The minimum absolute atomic E-state index is 0.0715. The van der Waals surface area contributed by atoms with Gasteiger partial charge >= 0.3 is 0 Å². The first-order chi connectivity index (χ1) is 12.8. The molecule has 26 heavy (non-hydrogen) atoms. The number of hydrogen-bond donors (Lipinski definition) is 0. The van der Waals surface area contributed by atoms with Crippen LogP contribution in [0, 0.1) is 5.82 Å². The van der Waals surface area contributed by atoms with Crippen molar-refractivity contribution >= 4 is 0 Å². The molecule has 3 aromatic rings. The molecule has 0 fully saturated rings. The minimum Gasteiger partial charge on any atom is -0.497 e. The predicted octanol–water partition coefficient (Wildman–Crippen LogP) is 4.63.